The van der Waals surface area contributed by atoms with Crippen molar-refractivity contribution in [3.63, 3.8) is 0 Å². The molecule has 4 aliphatic rings. The molecule has 33 heavy (non-hydrogen) atoms. The van der Waals surface area contributed by atoms with Crippen LogP contribution in [0.5, 0.6) is 0 Å². The number of nitrogens with zero attached hydrogens (tertiary/aromatic N) is 2. The molecule has 11 heteroatoms. The first kappa shape index (κ1) is 21.9. The summed E-state index contributed by atoms with van der Waals surface area (Å²) in [5.41, 5.74) is 10.7. The number of amides is 1. The third-order valence-corrected chi connectivity index (χ3v) is 8.20. The van der Waals surface area contributed by atoms with Crippen LogP contribution < -0.4 is 11.5 Å². The molecule has 9 nitrogen and oxygen atoms in total. The Bertz CT molecular complexity index is 1170. The van der Waals surface area contributed by atoms with Crippen LogP contribution in [0.2, 0.25) is 0 Å². The molecule has 0 bridgehead atoms. The molecular formula is C22H22N4O5S2. The molecule has 5 rings (SSSR count). The second kappa shape index (κ2) is 7.57. The van der Waals surface area contributed by atoms with E-state index in [2.05, 4.69) is 4.90 Å². The van der Waals surface area contributed by atoms with Crippen molar-refractivity contribution in [2.75, 3.05) is 20.3 Å². The highest BCUT2D eigenvalue weighted by Crippen LogP contribution is 2.60. The average molecular weight is 487 g/mol. The van der Waals surface area contributed by atoms with E-state index in [1.54, 1.807) is 0 Å². The Morgan fingerprint density at radius 1 is 1.27 bits per heavy atom. The third-order valence-electron chi connectivity index (χ3n) is 6.85. The Morgan fingerprint density at radius 2 is 1.97 bits per heavy atom. The number of methoxy groups -OCH3 is 1. The van der Waals surface area contributed by atoms with Gasteiger partial charge in [0.1, 0.15) is 17.0 Å². The van der Waals surface area contributed by atoms with Crippen molar-refractivity contribution >= 4 is 46.0 Å². The fraction of sp³-hybridized carbons (Fsp3) is 0.364. The summed E-state index contributed by atoms with van der Waals surface area (Å²) in [5.74, 6) is -1.52. The molecule has 3 heterocycles. The maximum Gasteiger partial charge on any atom is 0.404 e. The lowest BCUT2D eigenvalue weighted by atomic mass is 9.82. The second-order valence-electron chi connectivity index (χ2n) is 8.31. The second-order valence-corrected chi connectivity index (χ2v) is 10.0. The van der Waals surface area contributed by atoms with Crippen molar-refractivity contribution < 1.29 is 23.9 Å². The van der Waals surface area contributed by atoms with Crippen molar-refractivity contribution in [3.05, 3.63) is 52.9 Å². The number of hydrogen-bond donors (Lipinski definition) is 2. The number of ether oxygens (including phenoxy) is 2. The Morgan fingerprint density at radius 3 is 2.61 bits per heavy atom. The molecule has 4 atom stereocenters. The van der Waals surface area contributed by atoms with Gasteiger partial charge in [0.25, 0.3) is 0 Å². The number of nitrogens with two attached hydrogens (primary N) is 2. The number of thiocarbonyl (C=S) groups is 1. The van der Waals surface area contributed by atoms with Crippen molar-refractivity contribution in [1.29, 1.82) is 0 Å². The van der Waals surface area contributed by atoms with Crippen LogP contribution in [0.1, 0.15) is 6.92 Å². The highest BCUT2D eigenvalue weighted by molar-refractivity contribution is 8.23. The van der Waals surface area contributed by atoms with Gasteiger partial charge in [-0.15, -0.1) is 0 Å². The maximum atomic E-state index is 13.2. The van der Waals surface area contributed by atoms with Gasteiger partial charge < -0.3 is 30.7 Å². The van der Waals surface area contributed by atoms with Crippen molar-refractivity contribution in [2.45, 2.75) is 29.6 Å². The lowest BCUT2D eigenvalue weighted by Gasteiger charge is -2.41. The number of piperazine rings is 1. The fourth-order valence-electron chi connectivity index (χ4n) is 5.37. The molecule has 1 aliphatic carbocycles. The number of carbonyl (C=O) groups is 3. The molecule has 172 valence electrons. The van der Waals surface area contributed by atoms with Gasteiger partial charge in [0.05, 0.1) is 23.4 Å². The molecule has 1 amide bonds. The normalized spacial score (nSPS) is 29.8. The molecule has 0 spiro atoms. The zero-order chi connectivity index (χ0) is 23.7. The third kappa shape index (κ3) is 2.95. The number of allylic oxidation sites excluding steroid dienone is 2. The summed E-state index contributed by atoms with van der Waals surface area (Å²) in [6.45, 7) is 1.75. The molecule has 3 aliphatic heterocycles. The summed E-state index contributed by atoms with van der Waals surface area (Å²) in [6, 6.07) is 9.52. The van der Waals surface area contributed by atoms with Crippen LogP contribution in [0.4, 0.5) is 4.79 Å². The number of hydrogen-bond acceptors (Lipinski definition) is 9. The Labute approximate surface area is 199 Å². The summed E-state index contributed by atoms with van der Waals surface area (Å²) in [6.07, 6.45) is -0.978. The van der Waals surface area contributed by atoms with Gasteiger partial charge in [-0.25, -0.2) is 4.79 Å². The van der Waals surface area contributed by atoms with Gasteiger partial charge >= 0.3 is 6.09 Å². The summed E-state index contributed by atoms with van der Waals surface area (Å²) < 4.78 is 11.9. The SMILES string of the molecule is CO[C@@]12[C@H](COC(N)=O)C3=C(C(=O)C(C)=C(N)C3=O)N1C[C@H]1[C@H]2N1C(=S)Sc1ccccc1. The van der Waals surface area contributed by atoms with E-state index < -0.39 is 23.5 Å². The minimum absolute atomic E-state index is 0.00903. The lowest BCUT2D eigenvalue weighted by Crippen LogP contribution is -2.56. The maximum absolute atomic E-state index is 13.2. The van der Waals surface area contributed by atoms with Crippen molar-refractivity contribution in [2.24, 2.45) is 17.4 Å². The number of primary amides is 1. The largest absolute Gasteiger partial charge is 0.449 e. The number of Topliss-reactive ketones (excluding diaryl/α,β-unsaturated/α-hetero) is 2. The van der Waals surface area contributed by atoms with Gasteiger partial charge in [-0.3, -0.25) is 9.59 Å². The zero-order valence-electron chi connectivity index (χ0n) is 17.9. The monoisotopic (exact) mass is 486 g/mol. The quantitative estimate of drug-likeness (QED) is 0.277. The van der Waals surface area contributed by atoms with Gasteiger partial charge in [0.15, 0.2) is 5.72 Å². The molecule has 0 radical (unpaired) electrons. The highest BCUT2D eigenvalue weighted by Gasteiger charge is 2.77. The van der Waals surface area contributed by atoms with E-state index in [0.717, 1.165) is 4.90 Å². The van der Waals surface area contributed by atoms with E-state index in [-0.39, 0.29) is 47.0 Å². The van der Waals surface area contributed by atoms with Crippen LogP contribution in [-0.4, -0.2) is 69.9 Å². The van der Waals surface area contributed by atoms with Gasteiger partial charge in [0.2, 0.25) is 11.6 Å². The predicted octanol–water partition coefficient (Wildman–Crippen LogP) is 1.14. The van der Waals surface area contributed by atoms with E-state index in [1.165, 1.54) is 25.8 Å². The minimum atomic E-state index is -1.12. The highest BCUT2D eigenvalue weighted by atomic mass is 32.2. The molecule has 2 saturated heterocycles. The number of rotatable bonds is 4. The lowest BCUT2D eigenvalue weighted by molar-refractivity contribution is -0.142. The Hall–Kier alpha value is -2.89. The Balaban J connectivity index is 1.51. The number of ketones is 2. The van der Waals surface area contributed by atoms with Crippen LogP contribution in [-0.2, 0) is 19.1 Å². The molecule has 1 aromatic carbocycles. The summed E-state index contributed by atoms with van der Waals surface area (Å²) >= 11 is 7.19. The molecule has 0 unspecified atom stereocenters. The van der Waals surface area contributed by atoms with Gasteiger partial charge in [-0.05, 0) is 19.1 Å². The van der Waals surface area contributed by atoms with E-state index in [9.17, 15) is 14.4 Å². The molecule has 2 fully saturated rings. The average Bonchev–Trinajstić information content (AvgIpc) is 3.31. The summed E-state index contributed by atoms with van der Waals surface area (Å²) in [4.78, 5) is 42.7. The summed E-state index contributed by atoms with van der Waals surface area (Å²) in [5, 5.41) is 0. The number of benzene rings is 1. The number of carbonyl (C=O) groups excluding carboxylic acids is 3. The first-order valence-electron chi connectivity index (χ1n) is 10.3. The summed E-state index contributed by atoms with van der Waals surface area (Å²) in [7, 11) is 1.52. The fourth-order valence-corrected chi connectivity index (χ4v) is 6.75. The van der Waals surface area contributed by atoms with Crippen LogP contribution in [0, 0.1) is 5.92 Å². The zero-order valence-corrected chi connectivity index (χ0v) is 19.6. The smallest absolute Gasteiger partial charge is 0.404 e. The van der Waals surface area contributed by atoms with Crippen LogP contribution >= 0.6 is 24.0 Å². The number of thioether (sulfide) groups is 1. The molecule has 0 aromatic heterocycles. The predicted molar refractivity (Wildman–Crippen MR) is 124 cm³/mol. The molecule has 1 aromatic rings. The molecule has 4 N–H and O–H groups in total. The van der Waals surface area contributed by atoms with Crippen molar-refractivity contribution in [3.8, 4) is 0 Å². The topological polar surface area (TPSA) is 128 Å². The van der Waals surface area contributed by atoms with Gasteiger partial charge in [-0.2, -0.15) is 0 Å². The van der Waals surface area contributed by atoms with E-state index >= 15 is 0 Å². The van der Waals surface area contributed by atoms with Crippen LogP contribution in [0.15, 0.2) is 57.8 Å². The van der Waals surface area contributed by atoms with Crippen molar-refractivity contribution in [1.82, 2.24) is 9.80 Å². The molecule has 0 saturated carbocycles. The van der Waals surface area contributed by atoms with E-state index in [0.29, 0.717) is 10.9 Å². The molecular weight excluding hydrogens is 464 g/mol. The number of fused-ring (bicyclic) bond motifs is 4. The minimum Gasteiger partial charge on any atom is -0.449 e. The van der Waals surface area contributed by atoms with Gasteiger partial charge in [0, 0.05) is 29.7 Å². The van der Waals surface area contributed by atoms with E-state index in [4.69, 9.17) is 33.2 Å². The van der Waals surface area contributed by atoms with Gasteiger partial charge in [-0.1, -0.05) is 42.2 Å². The van der Waals surface area contributed by atoms with E-state index in [1.807, 2.05) is 35.2 Å². The van der Waals surface area contributed by atoms with Crippen LogP contribution in [0.25, 0.3) is 0 Å². The Kier molecular flexibility index (Phi) is 5.03. The van der Waals surface area contributed by atoms with Crippen LogP contribution in [0.3, 0.4) is 0 Å². The standard InChI is InChI=1S/C22H22N4O5S2/c1-10-15(23)18(28)14-12(9-31-20(24)29)22(30-2)19-13(8-25(22)16(14)17(10)27)26(19)21(32)33-11-6-4-3-5-7-11/h3-7,12-13,19H,8-9,23H2,1-2H3,(H2,24,29)/t12-,13+,19-,22-,26?/m1/s1. The first-order chi connectivity index (χ1) is 15.7. The first-order valence-corrected chi connectivity index (χ1v) is 11.6.